The minimum absolute atomic E-state index is 0.139. The van der Waals surface area contributed by atoms with E-state index in [1.54, 1.807) is 29.3 Å². The zero-order valence-electron chi connectivity index (χ0n) is 14.8. The Morgan fingerprint density at radius 3 is 2.31 bits per heavy atom. The molecular formula is C19H21N2O4P. The van der Waals surface area contributed by atoms with E-state index in [1.165, 1.54) is 13.8 Å². The molecule has 1 aliphatic rings. The number of hydrogen-bond donors (Lipinski definition) is 2. The highest BCUT2D eigenvalue weighted by Gasteiger charge is 2.43. The first-order valence-electron chi connectivity index (χ1n) is 8.23. The van der Waals surface area contributed by atoms with Crippen LogP contribution in [0.25, 0.3) is 0 Å². The molecule has 1 fully saturated rings. The number of ether oxygens (including phenoxy) is 1. The fraction of sp³-hybridized carbons (Fsp3) is 0.263. The van der Waals surface area contributed by atoms with Crippen LogP contribution in [0.4, 0.5) is 0 Å². The number of rotatable bonds is 3. The number of esters is 1. The van der Waals surface area contributed by atoms with Gasteiger partial charge in [-0.15, -0.1) is 0 Å². The van der Waals surface area contributed by atoms with Crippen LogP contribution >= 0.6 is 7.92 Å². The Labute approximate surface area is 153 Å². The monoisotopic (exact) mass is 372 g/mol. The van der Waals surface area contributed by atoms with Gasteiger partial charge in [0.15, 0.2) is 0 Å². The predicted octanol–water partition coefficient (Wildman–Crippen LogP) is 3.49. The van der Waals surface area contributed by atoms with Crippen LogP contribution in [0.1, 0.15) is 36.5 Å². The number of nitrogens with one attached hydrogen (secondary N) is 1. The van der Waals surface area contributed by atoms with Crippen molar-refractivity contribution >= 4 is 19.8 Å². The van der Waals surface area contributed by atoms with E-state index in [0.717, 1.165) is 5.56 Å². The van der Waals surface area contributed by atoms with Gasteiger partial charge in [0, 0.05) is 25.0 Å². The summed E-state index contributed by atoms with van der Waals surface area (Å²) in [5.41, 5.74) is 4.78. The summed E-state index contributed by atoms with van der Waals surface area (Å²) >= 11 is 0. The molecule has 1 saturated heterocycles. The number of phenols is 1. The first-order valence-corrected chi connectivity index (χ1v) is 10.2. The number of aromatic hydroxyl groups is 1. The number of nitrogens with zero attached hydrogens (tertiary/aromatic N) is 1. The maximum Gasteiger partial charge on any atom is 0.308 e. The topological polar surface area (TPSA) is 78.9 Å². The van der Waals surface area contributed by atoms with Crippen LogP contribution in [-0.2, 0) is 9.59 Å². The van der Waals surface area contributed by atoms with Gasteiger partial charge in [-0.2, -0.15) is 0 Å². The Hall–Kier alpha value is -2.43. The number of para-hydroxylation sites is 2. The Bertz CT molecular complexity index is 842. The van der Waals surface area contributed by atoms with E-state index >= 15 is 0 Å². The number of phenolic OH excluding ortho intramolecular Hbond substituents is 1. The SMILES string of the molecule is CC(=O)Oc1ccccc1[C@H]1NN(C(C)=O)[C@H](c2ccccc2O)P1C. The number of carbonyl (C=O) groups is 2. The number of hydrogen-bond acceptors (Lipinski definition) is 5. The van der Waals surface area contributed by atoms with Gasteiger partial charge in [0.2, 0.25) is 5.91 Å². The maximum absolute atomic E-state index is 12.2. The van der Waals surface area contributed by atoms with Crippen molar-refractivity contribution in [1.82, 2.24) is 10.4 Å². The zero-order chi connectivity index (χ0) is 18.8. The number of hydrazine groups is 1. The molecule has 2 aromatic rings. The van der Waals surface area contributed by atoms with Crippen molar-refractivity contribution in [2.75, 3.05) is 6.66 Å². The summed E-state index contributed by atoms with van der Waals surface area (Å²) in [7, 11) is -0.831. The third-order valence-corrected chi connectivity index (χ3v) is 6.81. The second-order valence-electron chi connectivity index (χ2n) is 6.15. The molecule has 136 valence electrons. The van der Waals surface area contributed by atoms with E-state index < -0.39 is 13.9 Å². The molecule has 6 nitrogen and oxygen atoms in total. The second-order valence-corrected chi connectivity index (χ2v) is 8.49. The fourth-order valence-electron chi connectivity index (χ4n) is 3.19. The molecule has 1 amide bonds. The van der Waals surface area contributed by atoms with Crippen molar-refractivity contribution in [2.45, 2.75) is 25.4 Å². The van der Waals surface area contributed by atoms with E-state index in [9.17, 15) is 14.7 Å². The lowest BCUT2D eigenvalue weighted by atomic mass is 10.2. The molecule has 0 bridgehead atoms. The molecule has 3 atom stereocenters. The summed E-state index contributed by atoms with van der Waals surface area (Å²) in [5.74, 6) is -0.355. The van der Waals surface area contributed by atoms with E-state index in [0.29, 0.717) is 11.3 Å². The van der Waals surface area contributed by atoms with Gasteiger partial charge in [-0.1, -0.05) is 44.3 Å². The molecule has 2 N–H and O–H groups in total. The van der Waals surface area contributed by atoms with E-state index in [2.05, 4.69) is 12.1 Å². The van der Waals surface area contributed by atoms with Crippen LogP contribution in [0.15, 0.2) is 48.5 Å². The van der Waals surface area contributed by atoms with Gasteiger partial charge in [-0.3, -0.25) is 14.6 Å². The second kappa shape index (κ2) is 7.44. The summed E-state index contributed by atoms with van der Waals surface area (Å²) in [6.07, 6.45) is 0. The Balaban J connectivity index is 2.03. The van der Waals surface area contributed by atoms with Gasteiger partial charge in [-0.25, -0.2) is 5.43 Å². The van der Waals surface area contributed by atoms with Crippen molar-refractivity contribution in [3.63, 3.8) is 0 Å². The average Bonchev–Trinajstić information content (AvgIpc) is 2.93. The van der Waals surface area contributed by atoms with Crippen molar-refractivity contribution in [3.8, 4) is 11.5 Å². The highest BCUT2D eigenvalue weighted by molar-refractivity contribution is 7.57. The number of amides is 1. The first kappa shape index (κ1) is 18.4. The standard InChI is InChI=1S/C19H21N2O4P/c1-12(22)21-19(14-8-4-6-10-16(14)24)26(3)18(20-21)15-9-5-7-11-17(15)25-13(2)23/h4-11,18-20,24H,1-3H3/t18-,19-,26?/m0/s1. The Kier molecular flexibility index (Phi) is 5.25. The van der Waals surface area contributed by atoms with Crippen LogP contribution < -0.4 is 10.2 Å². The van der Waals surface area contributed by atoms with Crippen LogP contribution in [0.5, 0.6) is 11.5 Å². The van der Waals surface area contributed by atoms with Gasteiger partial charge in [0.05, 0.1) is 11.6 Å². The van der Waals surface area contributed by atoms with Gasteiger partial charge >= 0.3 is 5.97 Å². The van der Waals surface area contributed by atoms with Crippen LogP contribution in [0.3, 0.4) is 0 Å². The van der Waals surface area contributed by atoms with Crippen molar-refractivity contribution in [2.24, 2.45) is 0 Å². The Morgan fingerprint density at radius 2 is 1.69 bits per heavy atom. The number of carbonyl (C=O) groups excluding carboxylic acids is 2. The molecule has 0 aliphatic carbocycles. The van der Waals surface area contributed by atoms with Gasteiger partial charge in [0.1, 0.15) is 11.5 Å². The molecule has 1 unspecified atom stereocenters. The largest absolute Gasteiger partial charge is 0.508 e. The molecule has 3 rings (SSSR count). The normalized spacial score (nSPS) is 22.3. The van der Waals surface area contributed by atoms with Gasteiger partial charge in [0.25, 0.3) is 0 Å². The molecule has 0 radical (unpaired) electrons. The Morgan fingerprint density at radius 1 is 1.08 bits per heavy atom. The highest BCUT2D eigenvalue weighted by Crippen LogP contribution is 2.65. The van der Waals surface area contributed by atoms with Crippen LogP contribution in [0, 0.1) is 0 Å². The maximum atomic E-state index is 12.2. The molecular weight excluding hydrogens is 351 g/mol. The zero-order valence-corrected chi connectivity index (χ0v) is 15.7. The molecule has 2 aromatic carbocycles. The molecule has 26 heavy (non-hydrogen) atoms. The smallest absolute Gasteiger partial charge is 0.308 e. The van der Waals surface area contributed by atoms with E-state index in [4.69, 9.17) is 4.74 Å². The molecule has 0 spiro atoms. The molecule has 1 heterocycles. The van der Waals surface area contributed by atoms with E-state index in [1.807, 2.05) is 24.3 Å². The van der Waals surface area contributed by atoms with Gasteiger partial charge < -0.3 is 9.84 Å². The van der Waals surface area contributed by atoms with Crippen molar-refractivity contribution < 1.29 is 19.4 Å². The minimum Gasteiger partial charge on any atom is -0.508 e. The summed E-state index contributed by atoms with van der Waals surface area (Å²) in [4.78, 5) is 23.7. The quantitative estimate of drug-likeness (QED) is 0.490. The van der Waals surface area contributed by atoms with Gasteiger partial charge in [-0.05, 0) is 18.8 Å². The minimum atomic E-state index is -0.831. The lowest BCUT2D eigenvalue weighted by molar-refractivity contribution is -0.133. The fourth-order valence-corrected chi connectivity index (χ4v) is 5.68. The van der Waals surface area contributed by atoms with Crippen LogP contribution in [-0.4, -0.2) is 28.7 Å². The predicted molar refractivity (Wildman–Crippen MR) is 99.8 cm³/mol. The summed E-state index contributed by atoms with van der Waals surface area (Å²) in [5, 5.41) is 11.9. The molecule has 7 heteroatoms. The molecule has 0 aromatic heterocycles. The highest BCUT2D eigenvalue weighted by atomic mass is 31.1. The third-order valence-electron chi connectivity index (χ3n) is 4.32. The summed E-state index contributed by atoms with van der Waals surface area (Å²) in [6, 6.07) is 14.4. The van der Waals surface area contributed by atoms with E-state index in [-0.39, 0.29) is 23.2 Å². The lowest BCUT2D eigenvalue weighted by Gasteiger charge is -2.25. The molecule has 1 aliphatic heterocycles. The van der Waals surface area contributed by atoms with Crippen LogP contribution in [0.2, 0.25) is 0 Å². The third kappa shape index (κ3) is 3.43. The van der Waals surface area contributed by atoms with Crippen molar-refractivity contribution in [1.29, 1.82) is 0 Å². The average molecular weight is 372 g/mol. The summed E-state index contributed by atoms with van der Waals surface area (Å²) in [6.45, 7) is 4.92. The number of benzene rings is 2. The van der Waals surface area contributed by atoms with Crippen molar-refractivity contribution in [3.05, 3.63) is 59.7 Å². The summed E-state index contributed by atoms with van der Waals surface area (Å²) < 4.78 is 5.35. The molecule has 0 saturated carbocycles. The lowest BCUT2D eigenvalue weighted by Crippen LogP contribution is -2.37. The first-order chi connectivity index (χ1) is 12.4.